The van der Waals surface area contributed by atoms with E-state index in [1.165, 1.54) is 31.2 Å². The van der Waals surface area contributed by atoms with Crippen LogP contribution in [0, 0.1) is 11.8 Å². The molecule has 3 heteroatoms. The number of benzene rings is 1. The van der Waals surface area contributed by atoms with Crippen molar-refractivity contribution in [2.24, 2.45) is 17.6 Å². The molecule has 0 amide bonds. The summed E-state index contributed by atoms with van der Waals surface area (Å²) in [5.74, 6) is 2.65. The molecule has 1 aromatic carbocycles. The van der Waals surface area contributed by atoms with Crippen molar-refractivity contribution in [1.82, 2.24) is 4.90 Å². The quantitative estimate of drug-likeness (QED) is 0.897. The molecule has 2 aliphatic carbocycles. The third-order valence-electron chi connectivity index (χ3n) is 5.61. The van der Waals surface area contributed by atoms with Gasteiger partial charge in [0.1, 0.15) is 5.75 Å². The molecule has 3 atom stereocenters. The first-order valence-electron chi connectivity index (χ1n) is 7.72. The van der Waals surface area contributed by atoms with Crippen LogP contribution < -0.4 is 10.5 Å². The van der Waals surface area contributed by atoms with Gasteiger partial charge in [0.2, 0.25) is 0 Å². The molecule has 0 heterocycles. The number of methoxy groups -OCH3 is 1. The van der Waals surface area contributed by atoms with Gasteiger partial charge in [-0.2, -0.15) is 0 Å². The summed E-state index contributed by atoms with van der Waals surface area (Å²) in [5.41, 5.74) is 7.74. The van der Waals surface area contributed by atoms with E-state index in [4.69, 9.17) is 10.5 Å². The minimum atomic E-state index is 0.228. The van der Waals surface area contributed by atoms with Gasteiger partial charge in [0, 0.05) is 18.6 Å². The van der Waals surface area contributed by atoms with Crippen LogP contribution in [0.15, 0.2) is 24.3 Å². The van der Waals surface area contributed by atoms with Crippen molar-refractivity contribution in [3.8, 4) is 5.75 Å². The standard InChI is InChI=1S/C17H26N2O/c1-19(11-14-4-3-5-16(9-14)20-2)17(12-18)10-13-6-7-15(17)8-13/h3-5,9,13,15H,6-8,10-12,18H2,1-2H3. The highest BCUT2D eigenvalue weighted by molar-refractivity contribution is 5.28. The maximum atomic E-state index is 6.20. The van der Waals surface area contributed by atoms with E-state index in [-0.39, 0.29) is 5.54 Å². The summed E-state index contributed by atoms with van der Waals surface area (Å²) in [6, 6.07) is 8.38. The van der Waals surface area contributed by atoms with Crippen molar-refractivity contribution in [1.29, 1.82) is 0 Å². The summed E-state index contributed by atoms with van der Waals surface area (Å²) in [4.78, 5) is 2.51. The minimum Gasteiger partial charge on any atom is -0.497 e. The Morgan fingerprint density at radius 2 is 2.25 bits per heavy atom. The first-order valence-corrected chi connectivity index (χ1v) is 7.72. The second-order valence-corrected chi connectivity index (χ2v) is 6.60. The van der Waals surface area contributed by atoms with Crippen LogP contribution in [0.2, 0.25) is 0 Å². The van der Waals surface area contributed by atoms with Gasteiger partial charge in [-0.05, 0) is 55.8 Å². The van der Waals surface area contributed by atoms with Crippen LogP contribution in [0.1, 0.15) is 31.2 Å². The summed E-state index contributed by atoms with van der Waals surface area (Å²) >= 11 is 0. The first-order chi connectivity index (χ1) is 9.68. The molecule has 20 heavy (non-hydrogen) atoms. The highest BCUT2D eigenvalue weighted by Gasteiger charge is 2.52. The van der Waals surface area contributed by atoms with Crippen molar-refractivity contribution in [3.63, 3.8) is 0 Å². The van der Waals surface area contributed by atoms with E-state index in [0.717, 1.165) is 30.7 Å². The van der Waals surface area contributed by atoms with Crippen molar-refractivity contribution < 1.29 is 4.74 Å². The molecule has 3 unspecified atom stereocenters. The smallest absolute Gasteiger partial charge is 0.119 e. The second-order valence-electron chi connectivity index (χ2n) is 6.60. The average Bonchev–Trinajstić information content (AvgIpc) is 3.08. The SMILES string of the molecule is COc1cccc(CN(C)C2(CN)CC3CCC2C3)c1. The molecule has 2 fully saturated rings. The third-order valence-corrected chi connectivity index (χ3v) is 5.61. The molecule has 2 aliphatic rings. The van der Waals surface area contributed by atoms with Crippen LogP contribution in [0.4, 0.5) is 0 Å². The number of fused-ring (bicyclic) bond motifs is 2. The molecule has 2 N–H and O–H groups in total. The van der Waals surface area contributed by atoms with Gasteiger partial charge in [0.15, 0.2) is 0 Å². The van der Waals surface area contributed by atoms with Crippen molar-refractivity contribution >= 4 is 0 Å². The lowest BCUT2D eigenvalue weighted by molar-refractivity contribution is 0.0591. The number of nitrogens with two attached hydrogens (primary N) is 1. The molecule has 2 bridgehead atoms. The lowest BCUT2D eigenvalue weighted by Crippen LogP contribution is -2.55. The predicted octanol–water partition coefficient (Wildman–Crippen LogP) is 2.64. The zero-order valence-corrected chi connectivity index (χ0v) is 12.6. The van der Waals surface area contributed by atoms with Crippen molar-refractivity contribution in [3.05, 3.63) is 29.8 Å². The number of ether oxygens (including phenoxy) is 1. The number of nitrogens with zero attached hydrogens (tertiary/aromatic N) is 1. The molecular weight excluding hydrogens is 248 g/mol. The zero-order chi connectivity index (χ0) is 14.2. The number of hydrogen-bond donors (Lipinski definition) is 1. The van der Waals surface area contributed by atoms with Gasteiger partial charge < -0.3 is 10.5 Å². The fourth-order valence-corrected chi connectivity index (χ4v) is 4.49. The van der Waals surface area contributed by atoms with E-state index in [1.54, 1.807) is 7.11 Å². The molecule has 110 valence electrons. The maximum absolute atomic E-state index is 6.20. The molecule has 3 rings (SSSR count). The zero-order valence-electron chi connectivity index (χ0n) is 12.6. The summed E-state index contributed by atoms with van der Waals surface area (Å²) in [6.45, 7) is 1.74. The topological polar surface area (TPSA) is 38.5 Å². The second kappa shape index (κ2) is 5.38. The van der Waals surface area contributed by atoms with Crippen molar-refractivity contribution in [2.75, 3.05) is 20.7 Å². The van der Waals surface area contributed by atoms with Crippen LogP contribution >= 0.6 is 0 Å². The molecule has 0 spiro atoms. The fourth-order valence-electron chi connectivity index (χ4n) is 4.49. The van der Waals surface area contributed by atoms with Gasteiger partial charge in [0.05, 0.1) is 7.11 Å². The van der Waals surface area contributed by atoms with Gasteiger partial charge in [-0.3, -0.25) is 4.90 Å². The maximum Gasteiger partial charge on any atom is 0.119 e. The number of rotatable bonds is 5. The molecule has 3 nitrogen and oxygen atoms in total. The van der Waals surface area contributed by atoms with Gasteiger partial charge in [-0.1, -0.05) is 18.6 Å². The Balaban J connectivity index is 1.76. The molecule has 0 saturated heterocycles. The first kappa shape index (κ1) is 13.9. The minimum absolute atomic E-state index is 0.228. The van der Waals surface area contributed by atoms with Gasteiger partial charge in [0.25, 0.3) is 0 Å². The highest BCUT2D eigenvalue weighted by Crippen LogP contribution is 2.52. The van der Waals surface area contributed by atoms with Crippen LogP contribution in [0.3, 0.4) is 0 Å². The Kier molecular flexibility index (Phi) is 3.74. The molecule has 0 radical (unpaired) electrons. The summed E-state index contributed by atoms with van der Waals surface area (Å²) in [6.07, 6.45) is 5.46. The van der Waals surface area contributed by atoms with Crippen molar-refractivity contribution in [2.45, 2.75) is 37.8 Å². The molecular formula is C17H26N2O. The van der Waals surface area contributed by atoms with Crippen LogP contribution in [-0.2, 0) is 6.54 Å². The average molecular weight is 274 g/mol. The van der Waals surface area contributed by atoms with E-state index in [2.05, 4.69) is 30.1 Å². The third kappa shape index (κ3) is 2.23. The Bertz CT molecular complexity index is 476. The monoisotopic (exact) mass is 274 g/mol. The lowest BCUT2D eigenvalue weighted by atomic mass is 9.79. The van der Waals surface area contributed by atoms with E-state index >= 15 is 0 Å². The normalized spacial score (nSPS) is 32.0. The Morgan fingerprint density at radius 3 is 2.85 bits per heavy atom. The molecule has 0 aromatic heterocycles. The molecule has 2 saturated carbocycles. The number of likely N-dealkylation sites (N-methyl/N-ethyl adjacent to an activating group) is 1. The Labute approximate surface area is 122 Å². The lowest BCUT2D eigenvalue weighted by Gasteiger charge is -2.44. The van der Waals surface area contributed by atoms with Crippen LogP contribution in [0.5, 0.6) is 5.75 Å². The highest BCUT2D eigenvalue weighted by atomic mass is 16.5. The summed E-state index contributed by atoms with van der Waals surface area (Å²) in [7, 11) is 3.97. The van der Waals surface area contributed by atoms with Crippen LogP contribution in [0.25, 0.3) is 0 Å². The summed E-state index contributed by atoms with van der Waals surface area (Å²) in [5, 5.41) is 0. The fraction of sp³-hybridized carbons (Fsp3) is 0.647. The largest absolute Gasteiger partial charge is 0.497 e. The van der Waals surface area contributed by atoms with E-state index < -0.39 is 0 Å². The van der Waals surface area contributed by atoms with Crippen LogP contribution in [-0.4, -0.2) is 31.1 Å². The summed E-state index contributed by atoms with van der Waals surface area (Å²) < 4.78 is 5.32. The number of hydrogen-bond acceptors (Lipinski definition) is 3. The molecule has 1 aromatic rings. The van der Waals surface area contributed by atoms with E-state index in [9.17, 15) is 0 Å². The van der Waals surface area contributed by atoms with E-state index in [1.807, 2.05) is 6.07 Å². The molecule has 0 aliphatic heterocycles. The van der Waals surface area contributed by atoms with Gasteiger partial charge in [-0.25, -0.2) is 0 Å². The van der Waals surface area contributed by atoms with Gasteiger partial charge >= 0.3 is 0 Å². The van der Waals surface area contributed by atoms with Gasteiger partial charge in [-0.15, -0.1) is 0 Å². The Hall–Kier alpha value is -1.06. The Morgan fingerprint density at radius 1 is 1.40 bits per heavy atom. The van der Waals surface area contributed by atoms with E-state index in [0.29, 0.717) is 0 Å². The predicted molar refractivity (Wildman–Crippen MR) is 81.7 cm³/mol.